The quantitative estimate of drug-likeness (QED) is 0.673. The molecule has 0 aliphatic carbocycles. The summed E-state index contributed by atoms with van der Waals surface area (Å²) in [6.07, 6.45) is 1.83. The molecule has 1 N–H and O–H groups in total. The van der Waals surface area contributed by atoms with Crippen molar-refractivity contribution < 1.29 is 9.72 Å². The van der Waals surface area contributed by atoms with E-state index >= 15 is 0 Å². The highest BCUT2D eigenvalue weighted by molar-refractivity contribution is 8.02. The van der Waals surface area contributed by atoms with Crippen LogP contribution >= 0.6 is 11.8 Å². The largest absolute Gasteiger partial charge is 0.353 e. The number of thioether (sulfide) groups is 1. The van der Waals surface area contributed by atoms with Gasteiger partial charge in [-0.25, -0.2) is 0 Å². The number of nitro benzene ring substituents is 1. The number of ketones is 1. The van der Waals surface area contributed by atoms with Crippen LogP contribution in [0.4, 0.5) is 5.69 Å². The third-order valence-electron chi connectivity index (χ3n) is 3.65. The van der Waals surface area contributed by atoms with Gasteiger partial charge in [-0.1, -0.05) is 12.1 Å². The zero-order valence-electron chi connectivity index (χ0n) is 12.9. The number of nitrogens with zero attached hydrogens (tertiary/aromatic N) is 2. The van der Waals surface area contributed by atoms with E-state index in [0.29, 0.717) is 27.4 Å². The van der Waals surface area contributed by atoms with Gasteiger partial charge in [0.05, 0.1) is 27.5 Å². The van der Waals surface area contributed by atoms with Gasteiger partial charge in [0.15, 0.2) is 5.78 Å². The SMILES string of the molecule is CSC1=C(C#N)[C@H](c2cccc([N+](=O)[O-])c2)C(C(C)=O)=C(C)N1. The summed E-state index contributed by atoms with van der Waals surface area (Å²) in [5.41, 5.74) is 2.02. The van der Waals surface area contributed by atoms with E-state index in [9.17, 15) is 20.2 Å². The highest BCUT2D eigenvalue weighted by Gasteiger charge is 2.33. The van der Waals surface area contributed by atoms with Gasteiger partial charge in [0.1, 0.15) is 0 Å². The minimum atomic E-state index is -0.596. The molecule has 7 heteroatoms. The molecule has 1 aliphatic heterocycles. The number of carbonyl (C=O) groups is 1. The first-order valence-corrected chi connectivity index (χ1v) is 8.04. The molecule has 1 aliphatic rings. The fraction of sp³-hybridized carbons (Fsp3) is 0.250. The number of non-ortho nitro benzene ring substituents is 1. The van der Waals surface area contributed by atoms with Crippen LogP contribution in [0.3, 0.4) is 0 Å². The third-order valence-corrected chi connectivity index (χ3v) is 4.38. The van der Waals surface area contributed by atoms with Crippen LogP contribution in [-0.4, -0.2) is 17.0 Å². The summed E-state index contributed by atoms with van der Waals surface area (Å²) in [7, 11) is 0. The van der Waals surface area contributed by atoms with Crippen molar-refractivity contribution >= 4 is 23.2 Å². The maximum atomic E-state index is 12.1. The second-order valence-corrected chi connectivity index (χ2v) is 5.88. The molecule has 1 aromatic rings. The molecule has 0 unspecified atom stereocenters. The topological polar surface area (TPSA) is 96.0 Å². The van der Waals surface area contributed by atoms with Crippen LogP contribution in [0.1, 0.15) is 25.3 Å². The number of nitriles is 1. The molecular weight excluding hydrogens is 314 g/mol. The summed E-state index contributed by atoms with van der Waals surface area (Å²) >= 11 is 1.37. The second kappa shape index (κ2) is 6.67. The Morgan fingerprint density at radius 1 is 1.48 bits per heavy atom. The lowest BCUT2D eigenvalue weighted by atomic mass is 9.81. The summed E-state index contributed by atoms with van der Waals surface area (Å²) in [6.45, 7) is 3.20. The number of rotatable bonds is 4. The van der Waals surface area contributed by atoms with Crippen LogP contribution in [0.2, 0.25) is 0 Å². The molecule has 0 amide bonds. The summed E-state index contributed by atoms with van der Waals surface area (Å²) in [6, 6.07) is 8.22. The Hall–Kier alpha value is -2.59. The predicted octanol–water partition coefficient (Wildman–Crippen LogP) is 3.24. The summed E-state index contributed by atoms with van der Waals surface area (Å²) in [4.78, 5) is 22.6. The number of allylic oxidation sites excluding steroid dienone is 3. The Morgan fingerprint density at radius 3 is 2.70 bits per heavy atom. The van der Waals surface area contributed by atoms with E-state index in [2.05, 4.69) is 11.4 Å². The van der Waals surface area contributed by atoms with Crippen LogP contribution in [-0.2, 0) is 4.79 Å². The van der Waals surface area contributed by atoms with Crippen molar-refractivity contribution in [1.82, 2.24) is 5.32 Å². The van der Waals surface area contributed by atoms with Crippen LogP contribution in [0.5, 0.6) is 0 Å². The molecule has 0 radical (unpaired) electrons. The number of dihydropyridines is 1. The lowest BCUT2D eigenvalue weighted by Gasteiger charge is -2.28. The van der Waals surface area contributed by atoms with E-state index in [1.54, 1.807) is 19.1 Å². The fourth-order valence-corrected chi connectivity index (χ4v) is 3.33. The number of hydrogen-bond donors (Lipinski definition) is 1. The zero-order valence-corrected chi connectivity index (χ0v) is 13.7. The summed E-state index contributed by atoms with van der Waals surface area (Å²) in [5.74, 6) is -0.763. The molecule has 0 spiro atoms. The Morgan fingerprint density at radius 2 is 2.17 bits per heavy atom. The first-order valence-electron chi connectivity index (χ1n) is 6.82. The molecular formula is C16H15N3O3S. The number of Topliss-reactive ketones (excluding diaryl/α,β-unsaturated/α-hetero) is 1. The molecule has 0 saturated carbocycles. The van der Waals surface area contributed by atoms with Crippen molar-refractivity contribution in [2.75, 3.05) is 6.26 Å². The van der Waals surface area contributed by atoms with Crippen molar-refractivity contribution in [2.45, 2.75) is 19.8 Å². The fourth-order valence-electron chi connectivity index (χ4n) is 2.69. The number of carbonyl (C=O) groups excluding carboxylic acids is 1. The van der Waals surface area contributed by atoms with Crippen molar-refractivity contribution in [1.29, 1.82) is 5.26 Å². The van der Waals surface area contributed by atoms with E-state index in [0.717, 1.165) is 0 Å². The Kier molecular flexibility index (Phi) is 4.86. The van der Waals surface area contributed by atoms with Gasteiger partial charge in [0, 0.05) is 23.4 Å². The second-order valence-electron chi connectivity index (χ2n) is 5.06. The van der Waals surface area contributed by atoms with Gasteiger partial charge in [-0.2, -0.15) is 5.26 Å². The highest BCUT2D eigenvalue weighted by atomic mass is 32.2. The normalized spacial score (nSPS) is 17.6. The molecule has 6 nitrogen and oxygen atoms in total. The maximum Gasteiger partial charge on any atom is 0.269 e. The number of hydrogen-bond acceptors (Lipinski definition) is 6. The van der Waals surface area contributed by atoms with Gasteiger partial charge in [0.2, 0.25) is 0 Å². The van der Waals surface area contributed by atoms with E-state index < -0.39 is 10.8 Å². The van der Waals surface area contributed by atoms with Crippen molar-refractivity contribution in [3.63, 3.8) is 0 Å². The molecule has 0 bridgehead atoms. The standard InChI is InChI=1S/C16H15N3O3S/c1-9-14(10(2)20)15(13(8-17)16(18-9)23-3)11-5-4-6-12(7-11)19(21)22/h4-7,15,18H,1-3H3/t15-/m0/s1. The Balaban J connectivity index is 2.70. The van der Waals surface area contributed by atoms with Crippen molar-refractivity contribution in [3.8, 4) is 6.07 Å². The molecule has 0 fully saturated rings. The van der Waals surface area contributed by atoms with Crippen molar-refractivity contribution in [3.05, 3.63) is 61.8 Å². The first kappa shape index (κ1) is 16.8. The van der Waals surface area contributed by atoms with Gasteiger partial charge in [-0.15, -0.1) is 11.8 Å². The Labute approximate surface area is 138 Å². The summed E-state index contributed by atoms with van der Waals surface area (Å²) < 4.78 is 0. The van der Waals surface area contributed by atoms with Crippen LogP contribution in [0.25, 0.3) is 0 Å². The van der Waals surface area contributed by atoms with Gasteiger partial charge >= 0.3 is 0 Å². The van der Waals surface area contributed by atoms with Crippen LogP contribution < -0.4 is 5.32 Å². The van der Waals surface area contributed by atoms with Gasteiger partial charge in [-0.3, -0.25) is 14.9 Å². The number of nitro groups is 1. The average Bonchev–Trinajstić information content (AvgIpc) is 2.53. The molecule has 0 aromatic heterocycles. The Bertz CT molecular complexity index is 790. The monoisotopic (exact) mass is 329 g/mol. The predicted molar refractivity (Wildman–Crippen MR) is 88.5 cm³/mol. The minimum absolute atomic E-state index is 0.0652. The molecule has 1 atom stereocenters. The van der Waals surface area contributed by atoms with Crippen molar-refractivity contribution in [2.24, 2.45) is 0 Å². The molecule has 1 aromatic carbocycles. The molecule has 118 valence electrons. The lowest BCUT2D eigenvalue weighted by Crippen LogP contribution is -2.26. The number of benzene rings is 1. The number of nitrogens with one attached hydrogen (secondary N) is 1. The van der Waals surface area contributed by atoms with Crippen LogP contribution in [0, 0.1) is 21.4 Å². The van der Waals surface area contributed by atoms with Gasteiger partial charge < -0.3 is 5.32 Å². The highest BCUT2D eigenvalue weighted by Crippen LogP contribution is 2.40. The van der Waals surface area contributed by atoms with Crippen LogP contribution in [0.15, 0.2) is 46.1 Å². The summed E-state index contributed by atoms with van der Waals surface area (Å²) in [5, 5.41) is 24.3. The van der Waals surface area contributed by atoms with E-state index in [-0.39, 0.29) is 11.5 Å². The smallest absolute Gasteiger partial charge is 0.269 e. The van der Waals surface area contributed by atoms with Gasteiger partial charge in [0.25, 0.3) is 5.69 Å². The van der Waals surface area contributed by atoms with Gasteiger partial charge in [-0.05, 0) is 25.7 Å². The van der Waals surface area contributed by atoms with E-state index in [1.165, 1.54) is 30.8 Å². The molecule has 2 rings (SSSR count). The third kappa shape index (κ3) is 3.12. The zero-order chi connectivity index (χ0) is 17.1. The molecule has 0 saturated heterocycles. The average molecular weight is 329 g/mol. The van der Waals surface area contributed by atoms with E-state index in [1.807, 2.05) is 6.26 Å². The molecule has 23 heavy (non-hydrogen) atoms. The first-order chi connectivity index (χ1) is 10.9. The maximum absolute atomic E-state index is 12.1. The minimum Gasteiger partial charge on any atom is -0.353 e. The lowest BCUT2D eigenvalue weighted by molar-refractivity contribution is -0.384. The molecule has 1 heterocycles. The van der Waals surface area contributed by atoms with E-state index in [4.69, 9.17) is 0 Å².